The summed E-state index contributed by atoms with van der Waals surface area (Å²) in [5, 5.41) is 3.06. The maximum atomic E-state index is 5.71. The first-order chi connectivity index (χ1) is 8.26. The Bertz CT molecular complexity index is 348. The summed E-state index contributed by atoms with van der Waals surface area (Å²) in [6.45, 7) is 3.53. The molecule has 1 heterocycles. The second-order valence-corrected chi connectivity index (χ2v) is 3.69. The fourth-order valence-electron chi connectivity index (χ4n) is 1.25. The Labute approximate surface area is 102 Å². The Balaban J connectivity index is 2.39. The number of aliphatic imine (C=N–C) groups is 1. The lowest BCUT2D eigenvalue weighted by Gasteiger charge is -2.04. The van der Waals surface area contributed by atoms with Gasteiger partial charge in [0.2, 0.25) is 5.88 Å². The third kappa shape index (κ3) is 5.19. The van der Waals surface area contributed by atoms with Crippen LogP contribution in [-0.2, 0) is 6.54 Å². The van der Waals surface area contributed by atoms with E-state index in [0.29, 0.717) is 18.4 Å². The Kier molecular flexibility index (Phi) is 5.85. The van der Waals surface area contributed by atoms with Crippen LogP contribution < -0.4 is 15.8 Å². The summed E-state index contributed by atoms with van der Waals surface area (Å²) in [6, 6.07) is 3.74. The lowest BCUT2D eigenvalue weighted by Crippen LogP contribution is -2.32. The third-order valence-electron chi connectivity index (χ3n) is 2.28. The van der Waals surface area contributed by atoms with E-state index in [9.17, 15) is 0 Å². The smallest absolute Gasteiger partial charge is 0.212 e. The van der Waals surface area contributed by atoms with Crippen LogP contribution in [0.4, 0.5) is 0 Å². The van der Waals surface area contributed by atoms with E-state index in [4.69, 9.17) is 10.5 Å². The second kappa shape index (κ2) is 7.49. The molecule has 1 rings (SSSR count). The number of guanidine groups is 1. The molecule has 5 nitrogen and oxygen atoms in total. The molecule has 0 radical (unpaired) electrons. The normalized spacial score (nSPS) is 11.3. The highest BCUT2D eigenvalue weighted by molar-refractivity contribution is 5.77. The largest absolute Gasteiger partial charge is 0.481 e. The van der Waals surface area contributed by atoms with Crippen LogP contribution in [0.3, 0.4) is 0 Å². The molecule has 0 saturated heterocycles. The maximum Gasteiger partial charge on any atom is 0.212 e. The van der Waals surface area contributed by atoms with Crippen molar-refractivity contribution >= 4 is 5.96 Å². The highest BCUT2D eigenvalue weighted by atomic mass is 16.5. The molecule has 0 aliphatic carbocycles. The number of rotatable bonds is 6. The van der Waals surface area contributed by atoms with Gasteiger partial charge in [-0.3, -0.25) is 0 Å². The van der Waals surface area contributed by atoms with Crippen LogP contribution in [0.25, 0.3) is 0 Å². The standard InChI is InChI=1S/C12H20N4O/c1-3-4-7-14-12(13)16-9-10-5-6-11(17-2)15-8-10/h5-6,8H,3-4,7,9H2,1-2H3,(H3,13,14,16). The molecule has 0 aliphatic rings. The molecule has 0 aromatic carbocycles. The minimum Gasteiger partial charge on any atom is -0.481 e. The number of aromatic nitrogens is 1. The van der Waals surface area contributed by atoms with Crippen molar-refractivity contribution in [3.8, 4) is 5.88 Å². The molecule has 0 aliphatic heterocycles. The predicted octanol–water partition coefficient (Wildman–Crippen LogP) is 1.29. The highest BCUT2D eigenvalue weighted by Gasteiger charge is 1.95. The number of ether oxygens (including phenoxy) is 1. The predicted molar refractivity (Wildman–Crippen MR) is 69.0 cm³/mol. The molecule has 0 atom stereocenters. The number of nitrogens with zero attached hydrogens (tertiary/aromatic N) is 2. The van der Waals surface area contributed by atoms with Gasteiger partial charge in [0.05, 0.1) is 13.7 Å². The van der Waals surface area contributed by atoms with Gasteiger partial charge < -0.3 is 15.8 Å². The lowest BCUT2D eigenvalue weighted by molar-refractivity contribution is 0.397. The number of nitrogens with two attached hydrogens (primary N) is 1. The van der Waals surface area contributed by atoms with Crippen LogP contribution in [0, 0.1) is 0 Å². The zero-order valence-electron chi connectivity index (χ0n) is 10.4. The molecular weight excluding hydrogens is 216 g/mol. The molecule has 94 valence electrons. The van der Waals surface area contributed by atoms with Crippen LogP contribution in [-0.4, -0.2) is 24.6 Å². The van der Waals surface area contributed by atoms with Gasteiger partial charge in [0.15, 0.2) is 5.96 Å². The molecule has 0 saturated carbocycles. The Morgan fingerprint density at radius 3 is 2.94 bits per heavy atom. The SMILES string of the molecule is CCCCNC(N)=NCc1ccc(OC)nc1. The number of hydrogen-bond donors (Lipinski definition) is 2. The highest BCUT2D eigenvalue weighted by Crippen LogP contribution is 2.07. The molecule has 0 spiro atoms. The molecule has 5 heteroatoms. The zero-order valence-corrected chi connectivity index (χ0v) is 10.4. The van der Waals surface area contributed by atoms with E-state index in [0.717, 1.165) is 24.9 Å². The fourth-order valence-corrected chi connectivity index (χ4v) is 1.25. The van der Waals surface area contributed by atoms with Crippen molar-refractivity contribution < 1.29 is 4.74 Å². The summed E-state index contributed by atoms with van der Waals surface area (Å²) in [5.74, 6) is 1.08. The molecule has 1 aromatic heterocycles. The van der Waals surface area contributed by atoms with E-state index in [1.807, 2.05) is 12.1 Å². The van der Waals surface area contributed by atoms with E-state index in [1.54, 1.807) is 13.3 Å². The number of methoxy groups -OCH3 is 1. The van der Waals surface area contributed by atoms with Crippen LogP contribution in [0.15, 0.2) is 23.3 Å². The topological polar surface area (TPSA) is 72.5 Å². The monoisotopic (exact) mass is 236 g/mol. The molecule has 3 N–H and O–H groups in total. The summed E-state index contributed by atoms with van der Waals surface area (Å²) < 4.78 is 4.98. The number of pyridine rings is 1. The van der Waals surface area contributed by atoms with Gasteiger partial charge in [-0.05, 0) is 12.0 Å². The molecule has 0 bridgehead atoms. The molecular formula is C12H20N4O. The summed E-state index contributed by atoms with van der Waals surface area (Å²) in [4.78, 5) is 8.32. The molecule has 1 aromatic rings. The van der Waals surface area contributed by atoms with Crippen LogP contribution in [0.5, 0.6) is 5.88 Å². The van der Waals surface area contributed by atoms with Crippen LogP contribution in [0.1, 0.15) is 25.3 Å². The Morgan fingerprint density at radius 1 is 1.53 bits per heavy atom. The van der Waals surface area contributed by atoms with E-state index >= 15 is 0 Å². The minimum absolute atomic E-state index is 0.481. The van der Waals surface area contributed by atoms with Crippen molar-refractivity contribution in [2.45, 2.75) is 26.3 Å². The van der Waals surface area contributed by atoms with Crippen molar-refractivity contribution in [1.82, 2.24) is 10.3 Å². The summed E-state index contributed by atoms with van der Waals surface area (Å²) >= 11 is 0. The van der Waals surface area contributed by atoms with Gasteiger partial charge >= 0.3 is 0 Å². The second-order valence-electron chi connectivity index (χ2n) is 3.69. The zero-order chi connectivity index (χ0) is 12.5. The van der Waals surface area contributed by atoms with Crippen molar-refractivity contribution in [3.05, 3.63) is 23.9 Å². The summed E-state index contributed by atoms with van der Waals surface area (Å²) in [7, 11) is 1.59. The van der Waals surface area contributed by atoms with Gasteiger partial charge in [0, 0.05) is 18.8 Å². The van der Waals surface area contributed by atoms with Gasteiger partial charge in [-0.2, -0.15) is 0 Å². The average Bonchev–Trinajstić information content (AvgIpc) is 2.37. The molecule has 0 amide bonds. The Morgan fingerprint density at radius 2 is 2.35 bits per heavy atom. The maximum absolute atomic E-state index is 5.71. The average molecular weight is 236 g/mol. The first-order valence-electron chi connectivity index (χ1n) is 5.79. The molecule has 0 fully saturated rings. The number of unbranched alkanes of at least 4 members (excludes halogenated alkanes) is 1. The van der Waals surface area contributed by atoms with E-state index in [1.165, 1.54) is 0 Å². The fraction of sp³-hybridized carbons (Fsp3) is 0.500. The van der Waals surface area contributed by atoms with Crippen molar-refractivity contribution in [1.29, 1.82) is 0 Å². The molecule has 17 heavy (non-hydrogen) atoms. The lowest BCUT2D eigenvalue weighted by atomic mass is 10.3. The van der Waals surface area contributed by atoms with E-state index in [-0.39, 0.29) is 0 Å². The summed E-state index contributed by atoms with van der Waals surface area (Å²) in [6.07, 6.45) is 3.98. The van der Waals surface area contributed by atoms with Gasteiger partial charge in [-0.1, -0.05) is 19.4 Å². The van der Waals surface area contributed by atoms with Gasteiger partial charge in [0.1, 0.15) is 0 Å². The number of hydrogen-bond acceptors (Lipinski definition) is 3. The minimum atomic E-state index is 0.481. The van der Waals surface area contributed by atoms with Gasteiger partial charge in [0.25, 0.3) is 0 Å². The van der Waals surface area contributed by atoms with Gasteiger partial charge in [-0.15, -0.1) is 0 Å². The van der Waals surface area contributed by atoms with E-state index in [2.05, 4.69) is 22.2 Å². The van der Waals surface area contributed by atoms with Gasteiger partial charge in [-0.25, -0.2) is 9.98 Å². The molecule has 0 unspecified atom stereocenters. The third-order valence-corrected chi connectivity index (χ3v) is 2.28. The number of nitrogens with one attached hydrogen (secondary N) is 1. The summed E-state index contributed by atoms with van der Waals surface area (Å²) in [5.41, 5.74) is 6.72. The van der Waals surface area contributed by atoms with Crippen LogP contribution >= 0.6 is 0 Å². The van der Waals surface area contributed by atoms with Crippen molar-refractivity contribution in [3.63, 3.8) is 0 Å². The quantitative estimate of drug-likeness (QED) is 0.443. The van der Waals surface area contributed by atoms with Crippen molar-refractivity contribution in [2.24, 2.45) is 10.7 Å². The van der Waals surface area contributed by atoms with Crippen molar-refractivity contribution in [2.75, 3.05) is 13.7 Å². The first-order valence-corrected chi connectivity index (χ1v) is 5.79. The van der Waals surface area contributed by atoms with Crippen LogP contribution in [0.2, 0.25) is 0 Å². The van der Waals surface area contributed by atoms with E-state index < -0.39 is 0 Å². The first kappa shape index (κ1) is 13.3. The Hall–Kier alpha value is -1.78.